The molecule has 0 radical (unpaired) electrons. The summed E-state index contributed by atoms with van der Waals surface area (Å²) in [6.45, 7) is 4.63. The molecule has 2 aromatic heterocycles. The van der Waals surface area contributed by atoms with Crippen molar-refractivity contribution in [3.63, 3.8) is 0 Å². The zero-order chi connectivity index (χ0) is 19.4. The largest absolute Gasteiger partial charge is 0.487 e. The summed E-state index contributed by atoms with van der Waals surface area (Å²) in [6, 6.07) is 17.7. The highest BCUT2D eigenvalue weighted by atomic mass is 127. The Morgan fingerprint density at radius 2 is 2.03 bits per heavy atom. The molecule has 0 aliphatic rings. The van der Waals surface area contributed by atoms with Gasteiger partial charge < -0.3 is 19.8 Å². The van der Waals surface area contributed by atoms with E-state index >= 15 is 0 Å². The quantitative estimate of drug-likeness (QED) is 0.259. The second-order valence-corrected chi connectivity index (χ2v) is 6.21. The number of ether oxygens (including phenoxy) is 1. The van der Waals surface area contributed by atoms with Crippen LogP contribution in [0.1, 0.15) is 23.9 Å². The number of nitrogens with one attached hydrogen (secondary N) is 2. The standard InChI is InChI=1S/C22H26N4O2.HI/c1-2-23-22(25-13-11-20-10-6-14-27-20)26-16-18-7-5-9-21(15-18)28-17-19-8-3-4-12-24-19;/h3-10,12,14-15H,2,11,13,16-17H2,1H3,(H2,23,25,26);1H. The summed E-state index contributed by atoms with van der Waals surface area (Å²) in [7, 11) is 0. The molecule has 0 saturated carbocycles. The first-order chi connectivity index (χ1) is 13.8. The Morgan fingerprint density at radius 1 is 1.10 bits per heavy atom. The fourth-order valence-electron chi connectivity index (χ4n) is 2.65. The van der Waals surface area contributed by atoms with Crippen LogP contribution in [0.5, 0.6) is 5.75 Å². The average molecular weight is 506 g/mol. The molecule has 0 unspecified atom stereocenters. The molecule has 1 aromatic carbocycles. The van der Waals surface area contributed by atoms with Crippen LogP contribution in [0, 0.1) is 0 Å². The SMILES string of the molecule is CCNC(=NCc1cccc(OCc2ccccn2)c1)NCCc1ccco1.I. The molecule has 3 rings (SSSR count). The number of hydrogen-bond acceptors (Lipinski definition) is 4. The van der Waals surface area contributed by atoms with Crippen LogP contribution in [0.3, 0.4) is 0 Å². The Hall–Kier alpha value is -2.55. The number of benzene rings is 1. The van der Waals surface area contributed by atoms with Gasteiger partial charge >= 0.3 is 0 Å². The van der Waals surface area contributed by atoms with Crippen LogP contribution in [0.4, 0.5) is 0 Å². The molecule has 0 saturated heterocycles. The molecule has 0 bridgehead atoms. The van der Waals surface area contributed by atoms with Crippen molar-refractivity contribution in [1.29, 1.82) is 0 Å². The van der Waals surface area contributed by atoms with Crippen molar-refractivity contribution in [2.24, 2.45) is 4.99 Å². The van der Waals surface area contributed by atoms with Gasteiger partial charge in [0, 0.05) is 25.7 Å². The lowest BCUT2D eigenvalue weighted by Crippen LogP contribution is -2.38. The van der Waals surface area contributed by atoms with Crippen molar-refractivity contribution in [2.75, 3.05) is 13.1 Å². The maximum atomic E-state index is 5.84. The average Bonchev–Trinajstić information content (AvgIpc) is 3.25. The number of aromatic nitrogens is 1. The number of nitrogens with zero attached hydrogens (tertiary/aromatic N) is 2. The number of guanidine groups is 1. The van der Waals surface area contributed by atoms with Gasteiger partial charge in [0.15, 0.2) is 5.96 Å². The van der Waals surface area contributed by atoms with E-state index in [-0.39, 0.29) is 24.0 Å². The third-order valence-corrected chi connectivity index (χ3v) is 4.02. The van der Waals surface area contributed by atoms with E-state index in [1.807, 2.05) is 54.6 Å². The molecule has 7 heteroatoms. The van der Waals surface area contributed by atoms with E-state index in [1.165, 1.54) is 0 Å². The summed E-state index contributed by atoms with van der Waals surface area (Å²) in [6.07, 6.45) is 4.27. The number of hydrogen-bond donors (Lipinski definition) is 2. The minimum atomic E-state index is 0. The molecular weight excluding hydrogens is 479 g/mol. The first-order valence-electron chi connectivity index (χ1n) is 9.49. The van der Waals surface area contributed by atoms with Crippen LogP contribution in [-0.4, -0.2) is 24.0 Å². The van der Waals surface area contributed by atoms with E-state index in [2.05, 4.69) is 27.5 Å². The van der Waals surface area contributed by atoms with Crippen LogP contribution >= 0.6 is 24.0 Å². The Bertz CT molecular complexity index is 854. The van der Waals surface area contributed by atoms with Gasteiger partial charge in [-0.3, -0.25) is 4.98 Å². The van der Waals surface area contributed by atoms with Crippen molar-refractivity contribution < 1.29 is 9.15 Å². The highest BCUT2D eigenvalue weighted by Crippen LogP contribution is 2.15. The maximum absolute atomic E-state index is 5.84. The van der Waals surface area contributed by atoms with Crippen molar-refractivity contribution in [3.05, 3.63) is 84.1 Å². The summed E-state index contributed by atoms with van der Waals surface area (Å²) in [5, 5.41) is 6.59. The Balaban J connectivity index is 0.00000300. The second-order valence-electron chi connectivity index (χ2n) is 6.21. The lowest BCUT2D eigenvalue weighted by atomic mass is 10.2. The zero-order valence-electron chi connectivity index (χ0n) is 16.5. The Morgan fingerprint density at radius 3 is 2.79 bits per heavy atom. The molecule has 0 spiro atoms. The van der Waals surface area contributed by atoms with Gasteiger partial charge in [0.2, 0.25) is 0 Å². The van der Waals surface area contributed by atoms with Crippen molar-refractivity contribution in [2.45, 2.75) is 26.5 Å². The van der Waals surface area contributed by atoms with Crippen LogP contribution < -0.4 is 15.4 Å². The monoisotopic (exact) mass is 506 g/mol. The molecule has 3 aromatic rings. The summed E-state index contributed by atoms with van der Waals surface area (Å²) < 4.78 is 11.2. The molecule has 0 fully saturated rings. The van der Waals surface area contributed by atoms with Gasteiger partial charge in [-0.25, -0.2) is 4.99 Å². The molecule has 2 N–H and O–H groups in total. The summed E-state index contributed by atoms with van der Waals surface area (Å²) in [4.78, 5) is 8.93. The van der Waals surface area contributed by atoms with Gasteiger partial charge in [-0.05, 0) is 48.9 Å². The van der Waals surface area contributed by atoms with Crippen molar-refractivity contribution in [1.82, 2.24) is 15.6 Å². The molecule has 0 atom stereocenters. The Labute approximate surface area is 188 Å². The number of rotatable bonds is 9. The molecule has 2 heterocycles. The molecule has 0 aliphatic carbocycles. The van der Waals surface area contributed by atoms with E-state index in [1.54, 1.807) is 12.5 Å². The summed E-state index contributed by atoms with van der Waals surface area (Å²) in [5.74, 6) is 2.56. The molecular formula is C22H27IN4O2. The maximum Gasteiger partial charge on any atom is 0.191 e. The van der Waals surface area contributed by atoms with Gasteiger partial charge in [0.05, 0.1) is 18.5 Å². The fourth-order valence-corrected chi connectivity index (χ4v) is 2.65. The third kappa shape index (κ3) is 8.15. The lowest BCUT2D eigenvalue weighted by Gasteiger charge is -2.11. The van der Waals surface area contributed by atoms with Crippen LogP contribution in [0.2, 0.25) is 0 Å². The van der Waals surface area contributed by atoms with E-state index in [0.29, 0.717) is 13.2 Å². The predicted molar refractivity (Wildman–Crippen MR) is 126 cm³/mol. The summed E-state index contributed by atoms with van der Waals surface area (Å²) in [5.41, 5.74) is 1.99. The van der Waals surface area contributed by atoms with Crippen LogP contribution in [0.25, 0.3) is 0 Å². The van der Waals surface area contributed by atoms with E-state index < -0.39 is 0 Å². The van der Waals surface area contributed by atoms with E-state index in [0.717, 1.165) is 48.2 Å². The van der Waals surface area contributed by atoms with Gasteiger partial charge in [-0.2, -0.15) is 0 Å². The van der Waals surface area contributed by atoms with Gasteiger partial charge in [-0.1, -0.05) is 18.2 Å². The molecule has 0 amide bonds. The van der Waals surface area contributed by atoms with Crippen LogP contribution in [0.15, 0.2) is 76.5 Å². The number of halogens is 1. The minimum Gasteiger partial charge on any atom is -0.487 e. The highest BCUT2D eigenvalue weighted by molar-refractivity contribution is 14.0. The number of furan rings is 1. The number of pyridine rings is 1. The fraction of sp³-hybridized carbons (Fsp3) is 0.273. The van der Waals surface area contributed by atoms with Crippen molar-refractivity contribution in [3.8, 4) is 5.75 Å². The van der Waals surface area contributed by atoms with Gasteiger partial charge in [0.1, 0.15) is 18.1 Å². The molecule has 6 nitrogen and oxygen atoms in total. The molecule has 29 heavy (non-hydrogen) atoms. The molecule has 154 valence electrons. The number of aliphatic imine (C=N–C) groups is 1. The molecule has 0 aliphatic heterocycles. The van der Waals surface area contributed by atoms with Crippen molar-refractivity contribution >= 4 is 29.9 Å². The first kappa shape index (κ1) is 22.7. The van der Waals surface area contributed by atoms with E-state index in [9.17, 15) is 0 Å². The minimum absolute atomic E-state index is 0. The third-order valence-electron chi connectivity index (χ3n) is 4.02. The summed E-state index contributed by atoms with van der Waals surface area (Å²) >= 11 is 0. The predicted octanol–water partition coefficient (Wildman–Crippen LogP) is 4.17. The normalized spacial score (nSPS) is 10.9. The zero-order valence-corrected chi connectivity index (χ0v) is 18.8. The lowest BCUT2D eigenvalue weighted by molar-refractivity contribution is 0.301. The topological polar surface area (TPSA) is 71.7 Å². The van der Waals surface area contributed by atoms with Gasteiger partial charge in [0.25, 0.3) is 0 Å². The Kier molecular flexibility index (Phi) is 10.1. The smallest absolute Gasteiger partial charge is 0.191 e. The van der Waals surface area contributed by atoms with E-state index in [4.69, 9.17) is 9.15 Å². The highest BCUT2D eigenvalue weighted by Gasteiger charge is 2.02. The van der Waals surface area contributed by atoms with Crippen LogP contribution in [-0.2, 0) is 19.6 Å². The van der Waals surface area contributed by atoms with Gasteiger partial charge in [-0.15, -0.1) is 24.0 Å². The second kappa shape index (κ2) is 12.8. The first-order valence-corrected chi connectivity index (χ1v) is 9.49.